The smallest absolute Gasteiger partial charge is 0.384 e. The zero-order valence-corrected chi connectivity index (χ0v) is 23.8. The minimum Gasteiger partial charge on any atom is -0.459 e. The fraction of sp³-hybridized carbons (Fsp3) is 0.895. The molecule has 32 heteroatoms. The van der Waals surface area contributed by atoms with Crippen molar-refractivity contribution in [2.24, 2.45) is 5.92 Å². The monoisotopic (exact) mass is 840 g/mol. The Hall–Kier alpha value is -2.51. The van der Waals surface area contributed by atoms with Crippen LogP contribution in [0.5, 0.6) is 0 Å². The number of alkyl halides is 24. The normalized spacial score (nSPS) is 15.7. The Morgan fingerprint density at radius 1 is 0.529 bits per heavy atom. The summed E-state index contributed by atoms with van der Waals surface area (Å²) in [7, 11) is 0. The van der Waals surface area contributed by atoms with E-state index in [9.17, 15) is 115 Å². The Morgan fingerprint density at radius 2 is 0.863 bits per heavy atom. The summed E-state index contributed by atoms with van der Waals surface area (Å²) in [5.74, 6) is -86.5. The van der Waals surface area contributed by atoms with Gasteiger partial charge in [0.2, 0.25) is 0 Å². The highest BCUT2D eigenvalue weighted by Crippen LogP contribution is 2.59. The second kappa shape index (κ2) is 15.5. The number of carbonyl (C=O) groups is 2. The summed E-state index contributed by atoms with van der Waals surface area (Å²) in [5, 5.41) is 10.8. The highest BCUT2D eigenvalue weighted by atomic mass is 32.2. The minimum atomic E-state index is -8.12. The van der Waals surface area contributed by atoms with Gasteiger partial charge in [0.25, 0.3) is 0 Å². The molecule has 0 radical (unpaired) electrons. The Bertz CT molecular complexity index is 1200. The zero-order valence-electron chi connectivity index (χ0n) is 22.9. The molecule has 0 heterocycles. The summed E-state index contributed by atoms with van der Waals surface area (Å²) in [6, 6.07) is 0. The van der Waals surface area contributed by atoms with Crippen LogP contribution in [0.1, 0.15) is 6.42 Å². The first-order valence-electron chi connectivity index (χ1n) is 11.6. The van der Waals surface area contributed by atoms with Crippen LogP contribution in [0, 0.1) is 5.92 Å². The van der Waals surface area contributed by atoms with Gasteiger partial charge in [-0.05, 0) is 0 Å². The van der Waals surface area contributed by atoms with Crippen molar-refractivity contribution in [1.29, 1.82) is 0 Å². The quantitative estimate of drug-likeness (QED) is 0.0311. The largest absolute Gasteiger partial charge is 0.459 e. The minimum absolute atomic E-state index is 0.551. The fourth-order valence-corrected chi connectivity index (χ4v) is 3.30. The third-order valence-corrected chi connectivity index (χ3v) is 6.48. The van der Waals surface area contributed by atoms with Gasteiger partial charge >= 0.3 is 84.0 Å². The molecule has 7 nitrogen and oxygen atoms in total. The zero-order chi connectivity index (χ0) is 41.3. The molecule has 0 spiro atoms. The number of halogens is 24. The SMILES string of the molecule is O=C(CC(CSOOO)C(=O)OCC(F)(F)C(F)(F)C(F)(F)C(F)(F)C(F)(F)C(F)F)OCC(F)(F)C(F)(F)C(F)(F)C(F)(F)C(F)(F)C(F)F. The number of hydrogen-bond donors (Lipinski definition) is 1. The molecular weight excluding hydrogens is 828 g/mol. The third kappa shape index (κ3) is 8.67. The van der Waals surface area contributed by atoms with Crippen LogP contribution in [-0.2, 0) is 28.4 Å². The first-order chi connectivity index (χ1) is 22.3. The number of rotatable bonds is 21. The predicted molar refractivity (Wildman–Crippen MR) is 109 cm³/mol. The lowest BCUT2D eigenvalue weighted by atomic mass is 9.94. The van der Waals surface area contributed by atoms with E-state index >= 15 is 0 Å². The second-order valence-electron chi connectivity index (χ2n) is 9.30. The van der Waals surface area contributed by atoms with Crippen LogP contribution in [0.2, 0.25) is 0 Å². The molecule has 0 rings (SSSR count). The summed E-state index contributed by atoms with van der Waals surface area (Å²) in [6.45, 7) is -7.26. The molecule has 0 aliphatic carbocycles. The van der Waals surface area contributed by atoms with Crippen LogP contribution in [0.4, 0.5) is 105 Å². The van der Waals surface area contributed by atoms with E-state index in [-0.39, 0.29) is 0 Å². The molecule has 0 aromatic heterocycles. The average molecular weight is 840 g/mol. The first-order valence-corrected chi connectivity index (χ1v) is 12.5. The Labute approximate surface area is 267 Å². The molecule has 0 aromatic rings. The highest BCUT2D eigenvalue weighted by Gasteiger charge is 2.89. The summed E-state index contributed by atoms with van der Waals surface area (Å²) >= 11 is -0.551. The van der Waals surface area contributed by atoms with Crippen molar-refractivity contribution in [2.45, 2.75) is 78.5 Å². The molecule has 51 heavy (non-hydrogen) atoms. The third-order valence-electron chi connectivity index (χ3n) is 5.79. The lowest BCUT2D eigenvalue weighted by molar-refractivity contribution is -0.432. The molecule has 0 saturated heterocycles. The molecule has 1 atom stereocenters. The molecule has 0 bridgehead atoms. The van der Waals surface area contributed by atoms with Crippen LogP contribution in [0.3, 0.4) is 0 Å². The van der Waals surface area contributed by atoms with Crippen molar-refractivity contribution in [3.63, 3.8) is 0 Å². The van der Waals surface area contributed by atoms with Gasteiger partial charge in [-0.3, -0.25) is 9.59 Å². The number of hydrogen-bond acceptors (Lipinski definition) is 8. The molecule has 1 N–H and O–H groups in total. The van der Waals surface area contributed by atoms with Gasteiger partial charge in [0, 0.05) is 17.8 Å². The maximum absolute atomic E-state index is 13.9. The molecule has 1 unspecified atom stereocenters. The van der Waals surface area contributed by atoms with Crippen molar-refractivity contribution in [3.8, 4) is 0 Å². The van der Waals surface area contributed by atoms with Gasteiger partial charge in [0.05, 0.1) is 12.3 Å². The van der Waals surface area contributed by atoms with Crippen molar-refractivity contribution in [3.05, 3.63) is 0 Å². The van der Waals surface area contributed by atoms with Gasteiger partial charge in [0.1, 0.15) is 0 Å². The lowest BCUT2D eigenvalue weighted by Gasteiger charge is -2.39. The molecule has 0 aliphatic rings. The van der Waals surface area contributed by atoms with Gasteiger partial charge in [-0.15, -0.1) is 4.33 Å². The number of carbonyl (C=O) groups excluding carboxylic acids is 2. The van der Waals surface area contributed by atoms with Crippen molar-refractivity contribution in [1.82, 2.24) is 0 Å². The van der Waals surface area contributed by atoms with E-state index < -0.39 is 127 Å². The van der Waals surface area contributed by atoms with Crippen LogP contribution in [-0.4, -0.2) is 108 Å². The number of esters is 2. The van der Waals surface area contributed by atoms with Crippen molar-refractivity contribution < 1.29 is 139 Å². The first kappa shape index (κ1) is 48.5. The maximum Gasteiger partial charge on any atom is 0.384 e. The van der Waals surface area contributed by atoms with Crippen molar-refractivity contribution in [2.75, 3.05) is 19.0 Å². The van der Waals surface area contributed by atoms with E-state index in [0.29, 0.717) is 0 Å². The second-order valence-corrected chi connectivity index (χ2v) is 10.0. The van der Waals surface area contributed by atoms with Gasteiger partial charge in [-0.1, -0.05) is 5.04 Å². The van der Waals surface area contributed by atoms with Gasteiger partial charge < -0.3 is 9.47 Å². The number of ether oxygens (including phenoxy) is 2. The summed E-state index contributed by atoms with van der Waals surface area (Å²) in [6.07, 6.45) is -14.0. The average Bonchev–Trinajstić information content (AvgIpc) is 2.97. The predicted octanol–water partition coefficient (Wildman–Crippen LogP) is 8.03. The topological polar surface area (TPSA) is 91.3 Å². The van der Waals surface area contributed by atoms with Crippen LogP contribution >= 0.6 is 12.0 Å². The lowest BCUT2D eigenvalue weighted by Crippen LogP contribution is -2.69. The maximum atomic E-state index is 13.9. The molecular formula is C19H12F24O7S. The van der Waals surface area contributed by atoms with Crippen LogP contribution < -0.4 is 0 Å². The van der Waals surface area contributed by atoms with Gasteiger partial charge in [-0.2, -0.15) is 87.8 Å². The van der Waals surface area contributed by atoms with Crippen LogP contribution in [0.15, 0.2) is 0 Å². The van der Waals surface area contributed by atoms with Crippen molar-refractivity contribution >= 4 is 24.0 Å². The van der Waals surface area contributed by atoms with E-state index in [2.05, 4.69) is 18.8 Å². The highest BCUT2D eigenvalue weighted by molar-refractivity contribution is 7.94. The Balaban J connectivity index is 6.12. The Kier molecular flexibility index (Phi) is 14.7. The molecule has 0 aliphatic heterocycles. The van der Waals surface area contributed by atoms with E-state index in [1.54, 1.807) is 0 Å². The molecule has 304 valence electrons. The molecule has 0 amide bonds. The van der Waals surface area contributed by atoms with Gasteiger partial charge in [0.15, 0.2) is 13.2 Å². The molecule has 0 fully saturated rings. The standard InChI is InChI=1S/C19H12F24O7S/c20-8(21)12(28,29)16(36,37)18(40,41)14(32,33)10(24,25)3-47-6(44)1-5(2-51-50-49-46)7(45)48-4-11(26,27)15(34,35)19(42,43)17(38,39)13(30,31)9(22)23/h5,8-9,46H,1-4H2. The summed E-state index contributed by atoms with van der Waals surface area (Å²) in [4.78, 5) is 23.7. The van der Waals surface area contributed by atoms with E-state index in [1.807, 2.05) is 0 Å². The van der Waals surface area contributed by atoms with E-state index in [4.69, 9.17) is 5.26 Å². The molecule has 0 saturated carbocycles. The van der Waals surface area contributed by atoms with E-state index in [0.717, 1.165) is 0 Å². The van der Waals surface area contributed by atoms with E-state index in [1.165, 1.54) is 0 Å². The molecule has 0 aromatic carbocycles. The Morgan fingerprint density at radius 3 is 1.18 bits per heavy atom. The summed E-state index contributed by atoms with van der Waals surface area (Å²) in [5.41, 5.74) is 0. The summed E-state index contributed by atoms with van der Waals surface area (Å²) < 4.78 is 327. The van der Waals surface area contributed by atoms with Gasteiger partial charge in [-0.25, -0.2) is 22.8 Å². The van der Waals surface area contributed by atoms with Crippen LogP contribution in [0.25, 0.3) is 0 Å². The fourth-order valence-electron chi connectivity index (χ4n) is 2.78.